The van der Waals surface area contributed by atoms with Crippen LogP contribution in [0.4, 0.5) is 0 Å². The zero-order chi connectivity index (χ0) is 22.3. The maximum absolute atomic E-state index is 11.8. The minimum absolute atomic E-state index is 0.208. The Morgan fingerprint density at radius 2 is 1.59 bits per heavy atom. The van der Waals surface area contributed by atoms with E-state index in [0.29, 0.717) is 24.5 Å². The molecular formula is C17H32N4O8. The summed E-state index contributed by atoms with van der Waals surface area (Å²) in [4.78, 5) is 43.3. The van der Waals surface area contributed by atoms with E-state index in [0.717, 1.165) is 25.7 Å². The SMILES string of the molecule is CCCCCC(C)(C[N+](=O)[O-])ON1OC(C)(CCCCC)CC1([N+](=O)[O-])[N+](=O)[O-]. The van der Waals surface area contributed by atoms with Crippen molar-refractivity contribution in [2.45, 2.75) is 102 Å². The summed E-state index contributed by atoms with van der Waals surface area (Å²) in [5.41, 5.74) is -2.67. The Hall–Kier alpha value is -1.92. The van der Waals surface area contributed by atoms with Crippen LogP contribution in [0.1, 0.15) is 85.5 Å². The molecule has 1 heterocycles. The number of nitrogens with zero attached hydrogens (tertiary/aromatic N) is 4. The minimum atomic E-state index is -2.86. The van der Waals surface area contributed by atoms with Gasteiger partial charge in [0, 0.05) is 4.92 Å². The fraction of sp³-hybridized carbons (Fsp3) is 1.00. The maximum Gasteiger partial charge on any atom is 0.569 e. The largest absolute Gasteiger partial charge is 0.569 e. The predicted octanol–water partition coefficient (Wildman–Crippen LogP) is 3.72. The molecule has 1 saturated heterocycles. The van der Waals surface area contributed by atoms with Crippen molar-refractivity contribution in [1.82, 2.24) is 5.23 Å². The first-order chi connectivity index (χ1) is 13.4. The molecule has 0 saturated carbocycles. The Balaban J connectivity index is 3.20. The first-order valence-electron chi connectivity index (χ1n) is 10.0. The van der Waals surface area contributed by atoms with Crippen molar-refractivity contribution in [2.24, 2.45) is 0 Å². The summed E-state index contributed by atoms with van der Waals surface area (Å²) < 4.78 is 0. The number of nitro groups is 3. The van der Waals surface area contributed by atoms with Gasteiger partial charge in [0.05, 0.1) is 5.23 Å². The van der Waals surface area contributed by atoms with Crippen LogP contribution in [0.25, 0.3) is 0 Å². The van der Waals surface area contributed by atoms with Gasteiger partial charge in [0.15, 0.2) is 5.60 Å². The van der Waals surface area contributed by atoms with E-state index in [9.17, 15) is 30.3 Å². The third kappa shape index (κ3) is 6.28. The van der Waals surface area contributed by atoms with Gasteiger partial charge in [-0.3, -0.25) is 35.2 Å². The van der Waals surface area contributed by atoms with E-state index in [-0.39, 0.29) is 6.42 Å². The van der Waals surface area contributed by atoms with Gasteiger partial charge in [0.25, 0.3) is 0 Å². The standard InChI is InChI=1S/C17H32N4O8/c1-5-7-9-11-15(3)13-17(19(24)25,20(26)27)21(28-15)29-16(4,14-18(22)23)12-10-8-6-2/h5-14H2,1-4H3. The van der Waals surface area contributed by atoms with Crippen molar-refractivity contribution in [1.29, 1.82) is 0 Å². The van der Waals surface area contributed by atoms with E-state index < -0.39 is 44.7 Å². The molecular weight excluding hydrogens is 388 g/mol. The van der Waals surface area contributed by atoms with Gasteiger partial charge in [-0.2, -0.15) is 0 Å². The van der Waals surface area contributed by atoms with Crippen LogP contribution >= 0.6 is 0 Å². The molecule has 12 nitrogen and oxygen atoms in total. The van der Waals surface area contributed by atoms with Crippen LogP contribution in [0.15, 0.2) is 0 Å². The van der Waals surface area contributed by atoms with E-state index in [1.165, 1.54) is 6.92 Å². The smallest absolute Gasteiger partial charge is 0.264 e. The molecule has 0 amide bonds. The summed E-state index contributed by atoms with van der Waals surface area (Å²) in [6.45, 7) is 6.28. The summed E-state index contributed by atoms with van der Waals surface area (Å²) in [5.74, 6) is -2.86. The second-order valence-corrected chi connectivity index (χ2v) is 8.21. The molecule has 29 heavy (non-hydrogen) atoms. The molecule has 0 radical (unpaired) electrons. The molecule has 0 aromatic carbocycles. The Bertz CT molecular complexity index is 590. The van der Waals surface area contributed by atoms with E-state index in [1.54, 1.807) is 6.92 Å². The first-order valence-corrected chi connectivity index (χ1v) is 10.0. The molecule has 0 aromatic rings. The Labute approximate surface area is 169 Å². The molecule has 0 bridgehead atoms. The molecule has 0 N–H and O–H groups in total. The van der Waals surface area contributed by atoms with E-state index in [4.69, 9.17) is 9.68 Å². The Morgan fingerprint density at radius 1 is 1.03 bits per heavy atom. The highest BCUT2D eigenvalue weighted by Gasteiger charge is 2.75. The van der Waals surface area contributed by atoms with Crippen LogP contribution in [-0.4, -0.2) is 43.5 Å². The van der Waals surface area contributed by atoms with Gasteiger partial charge in [0.1, 0.15) is 21.9 Å². The fourth-order valence-corrected chi connectivity index (χ4v) is 3.55. The van der Waals surface area contributed by atoms with Gasteiger partial charge in [-0.1, -0.05) is 52.4 Å². The van der Waals surface area contributed by atoms with Gasteiger partial charge in [-0.05, 0) is 26.7 Å². The normalized spacial score (nSPS) is 23.6. The second kappa shape index (κ2) is 10.2. The van der Waals surface area contributed by atoms with Crippen molar-refractivity contribution in [2.75, 3.05) is 6.54 Å². The lowest BCUT2D eigenvalue weighted by molar-refractivity contribution is -0.853. The average molecular weight is 420 g/mol. The number of unbranched alkanes of at least 4 members (excludes halogenated alkanes) is 4. The first kappa shape index (κ1) is 25.1. The van der Waals surface area contributed by atoms with Gasteiger partial charge in [-0.15, -0.1) is 0 Å². The number of hydrogen-bond donors (Lipinski definition) is 0. The predicted molar refractivity (Wildman–Crippen MR) is 102 cm³/mol. The highest BCUT2D eigenvalue weighted by molar-refractivity contribution is 4.87. The fourth-order valence-electron chi connectivity index (χ4n) is 3.55. The molecule has 1 rings (SSSR count). The zero-order valence-corrected chi connectivity index (χ0v) is 17.6. The third-order valence-corrected chi connectivity index (χ3v) is 5.18. The Kier molecular flexibility index (Phi) is 8.84. The van der Waals surface area contributed by atoms with Crippen LogP contribution in [0.3, 0.4) is 0 Å². The lowest BCUT2D eigenvalue weighted by Crippen LogP contribution is -2.59. The van der Waals surface area contributed by atoms with Gasteiger partial charge < -0.3 is 0 Å². The highest BCUT2D eigenvalue weighted by Crippen LogP contribution is 2.44. The summed E-state index contributed by atoms with van der Waals surface area (Å²) in [6.07, 6.45) is 4.70. The number of hydrogen-bond acceptors (Lipinski definition) is 9. The van der Waals surface area contributed by atoms with Gasteiger partial charge >= 0.3 is 5.79 Å². The molecule has 0 spiro atoms. The number of rotatable bonds is 14. The van der Waals surface area contributed by atoms with Crippen LogP contribution in [0.2, 0.25) is 0 Å². The zero-order valence-electron chi connectivity index (χ0n) is 17.6. The topological polar surface area (TPSA) is 151 Å². The van der Waals surface area contributed by atoms with Crippen LogP contribution < -0.4 is 0 Å². The van der Waals surface area contributed by atoms with Crippen molar-refractivity contribution >= 4 is 0 Å². The molecule has 1 aliphatic heterocycles. The van der Waals surface area contributed by atoms with Crippen molar-refractivity contribution in [3.63, 3.8) is 0 Å². The third-order valence-electron chi connectivity index (χ3n) is 5.18. The molecule has 0 aliphatic carbocycles. The quantitative estimate of drug-likeness (QED) is 0.177. The lowest BCUT2D eigenvalue weighted by atomic mass is 9.92. The molecule has 1 fully saturated rings. The summed E-state index contributed by atoms with van der Waals surface area (Å²) in [5, 5.41) is 35.0. The van der Waals surface area contributed by atoms with Crippen LogP contribution in [0.5, 0.6) is 0 Å². The van der Waals surface area contributed by atoms with Crippen molar-refractivity contribution in [3.05, 3.63) is 30.3 Å². The van der Waals surface area contributed by atoms with Crippen LogP contribution in [-0.2, 0) is 9.68 Å². The van der Waals surface area contributed by atoms with E-state index >= 15 is 0 Å². The summed E-state index contributed by atoms with van der Waals surface area (Å²) in [6, 6.07) is 0. The van der Waals surface area contributed by atoms with Crippen molar-refractivity contribution in [3.8, 4) is 0 Å². The average Bonchev–Trinajstić information content (AvgIpc) is 2.88. The molecule has 1 aliphatic rings. The minimum Gasteiger partial charge on any atom is -0.264 e. The van der Waals surface area contributed by atoms with E-state index in [2.05, 4.69) is 0 Å². The molecule has 0 aromatic heterocycles. The summed E-state index contributed by atoms with van der Waals surface area (Å²) >= 11 is 0. The monoisotopic (exact) mass is 420 g/mol. The molecule has 168 valence electrons. The lowest BCUT2D eigenvalue weighted by Gasteiger charge is -2.31. The number of hydroxylamine groups is 2. The van der Waals surface area contributed by atoms with E-state index in [1.807, 2.05) is 13.8 Å². The van der Waals surface area contributed by atoms with Gasteiger partial charge in [0.2, 0.25) is 6.54 Å². The Morgan fingerprint density at radius 3 is 2.07 bits per heavy atom. The van der Waals surface area contributed by atoms with Gasteiger partial charge in [-0.25, -0.2) is 4.84 Å². The highest BCUT2D eigenvalue weighted by atomic mass is 17.0. The van der Waals surface area contributed by atoms with Crippen LogP contribution in [0, 0.1) is 30.3 Å². The maximum atomic E-state index is 11.8. The molecule has 12 heteroatoms. The second-order valence-electron chi connectivity index (χ2n) is 8.21. The summed E-state index contributed by atoms with van der Waals surface area (Å²) in [7, 11) is 0. The molecule has 2 unspecified atom stereocenters. The molecule has 2 atom stereocenters. The van der Waals surface area contributed by atoms with Crippen molar-refractivity contribution < 1.29 is 24.4 Å².